The van der Waals surface area contributed by atoms with Crippen molar-refractivity contribution in [3.05, 3.63) is 0 Å². The lowest BCUT2D eigenvalue weighted by molar-refractivity contribution is -0.0228. The largest absolute Gasteiger partial charge is 0.394 e. The summed E-state index contributed by atoms with van der Waals surface area (Å²) >= 11 is 0. The molecular formula is C9H21NO2. The number of aliphatic hydroxyl groups is 2. The summed E-state index contributed by atoms with van der Waals surface area (Å²) in [6, 6.07) is 0. The summed E-state index contributed by atoms with van der Waals surface area (Å²) in [6.07, 6.45) is 0.958. The van der Waals surface area contributed by atoms with E-state index in [1.165, 1.54) is 0 Å². The Labute approximate surface area is 75.0 Å². The average molecular weight is 175 g/mol. The molecule has 0 spiro atoms. The molecule has 3 heteroatoms. The fraction of sp³-hybridized carbons (Fsp3) is 1.00. The third-order valence-corrected chi connectivity index (χ3v) is 2.97. The minimum Gasteiger partial charge on any atom is -0.394 e. The van der Waals surface area contributed by atoms with Gasteiger partial charge in [-0.3, -0.25) is 4.90 Å². The Morgan fingerprint density at radius 1 is 1.25 bits per heavy atom. The van der Waals surface area contributed by atoms with Crippen LogP contribution in [0.25, 0.3) is 0 Å². The second-order valence-corrected chi connectivity index (χ2v) is 3.62. The molecule has 0 aromatic carbocycles. The van der Waals surface area contributed by atoms with Gasteiger partial charge in [0.15, 0.2) is 0 Å². The van der Waals surface area contributed by atoms with E-state index in [1.54, 1.807) is 0 Å². The first-order chi connectivity index (χ1) is 5.55. The lowest BCUT2D eigenvalue weighted by Gasteiger charge is -2.41. The molecule has 0 saturated carbocycles. The van der Waals surface area contributed by atoms with Gasteiger partial charge in [0.2, 0.25) is 0 Å². The van der Waals surface area contributed by atoms with Crippen molar-refractivity contribution in [3.8, 4) is 0 Å². The SMILES string of the molecule is CCC(C)C(CO)(CO)N(C)C. The molecule has 0 aromatic rings. The van der Waals surface area contributed by atoms with E-state index in [0.717, 1.165) is 6.42 Å². The molecule has 0 amide bonds. The summed E-state index contributed by atoms with van der Waals surface area (Å²) in [5.41, 5.74) is -0.464. The number of rotatable bonds is 5. The highest BCUT2D eigenvalue weighted by atomic mass is 16.3. The molecule has 0 fully saturated rings. The molecule has 1 atom stereocenters. The molecule has 74 valence electrons. The van der Waals surface area contributed by atoms with Gasteiger partial charge in [0.25, 0.3) is 0 Å². The average Bonchev–Trinajstić information content (AvgIpc) is 2.06. The van der Waals surface area contributed by atoms with Crippen molar-refractivity contribution in [2.75, 3.05) is 27.3 Å². The van der Waals surface area contributed by atoms with Crippen LogP contribution in [0.1, 0.15) is 20.3 Å². The van der Waals surface area contributed by atoms with Gasteiger partial charge in [-0.2, -0.15) is 0 Å². The van der Waals surface area contributed by atoms with Crippen LogP contribution in [0.15, 0.2) is 0 Å². The van der Waals surface area contributed by atoms with Crippen LogP contribution in [0.2, 0.25) is 0 Å². The standard InChI is InChI=1S/C9H21NO2/c1-5-8(2)9(6-11,7-12)10(3)4/h8,11-12H,5-7H2,1-4H3. The summed E-state index contributed by atoms with van der Waals surface area (Å²) in [7, 11) is 3.78. The zero-order chi connectivity index (χ0) is 9.78. The van der Waals surface area contributed by atoms with Gasteiger partial charge < -0.3 is 10.2 Å². The Morgan fingerprint density at radius 2 is 1.67 bits per heavy atom. The number of hydrogen-bond acceptors (Lipinski definition) is 3. The van der Waals surface area contributed by atoms with Gasteiger partial charge >= 0.3 is 0 Å². The first-order valence-corrected chi connectivity index (χ1v) is 4.44. The zero-order valence-corrected chi connectivity index (χ0v) is 8.54. The zero-order valence-electron chi connectivity index (χ0n) is 8.54. The lowest BCUT2D eigenvalue weighted by Crippen LogP contribution is -2.55. The molecule has 0 aliphatic heterocycles. The van der Waals surface area contributed by atoms with Crippen molar-refractivity contribution in [1.82, 2.24) is 4.90 Å². The second-order valence-electron chi connectivity index (χ2n) is 3.62. The van der Waals surface area contributed by atoms with Crippen molar-refractivity contribution < 1.29 is 10.2 Å². The molecule has 0 aliphatic carbocycles. The molecule has 0 aromatic heterocycles. The van der Waals surface area contributed by atoms with E-state index in [1.807, 2.05) is 25.9 Å². The summed E-state index contributed by atoms with van der Waals surface area (Å²) in [6.45, 7) is 4.12. The summed E-state index contributed by atoms with van der Waals surface area (Å²) in [4.78, 5) is 1.90. The Hall–Kier alpha value is -0.120. The Kier molecular flexibility index (Phi) is 4.75. The van der Waals surface area contributed by atoms with Crippen LogP contribution < -0.4 is 0 Å². The Bertz CT molecular complexity index is 122. The minimum absolute atomic E-state index is 0.00546. The van der Waals surface area contributed by atoms with E-state index in [4.69, 9.17) is 0 Å². The van der Waals surface area contributed by atoms with Gasteiger partial charge in [-0.25, -0.2) is 0 Å². The summed E-state index contributed by atoms with van der Waals surface area (Å²) < 4.78 is 0. The third-order valence-electron chi connectivity index (χ3n) is 2.97. The molecule has 0 radical (unpaired) electrons. The van der Waals surface area contributed by atoms with Crippen LogP contribution in [-0.2, 0) is 0 Å². The predicted molar refractivity (Wildman–Crippen MR) is 50.0 cm³/mol. The number of likely N-dealkylation sites (N-methyl/N-ethyl adjacent to an activating group) is 1. The topological polar surface area (TPSA) is 43.7 Å². The van der Waals surface area contributed by atoms with Crippen LogP contribution >= 0.6 is 0 Å². The molecule has 3 nitrogen and oxygen atoms in total. The van der Waals surface area contributed by atoms with E-state index < -0.39 is 5.54 Å². The van der Waals surface area contributed by atoms with Gasteiger partial charge in [0, 0.05) is 0 Å². The first-order valence-electron chi connectivity index (χ1n) is 4.44. The van der Waals surface area contributed by atoms with Crippen LogP contribution in [0.5, 0.6) is 0 Å². The van der Waals surface area contributed by atoms with Gasteiger partial charge in [0.1, 0.15) is 0 Å². The molecule has 0 aliphatic rings. The molecule has 2 N–H and O–H groups in total. The van der Waals surface area contributed by atoms with Crippen molar-refractivity contribution in [3.63, 3.8) is 0 Å². The van der Waals surface area contributed by atoms with E-state index in [0.29, 0.717) is 5.92 Å². The molecule has 12 heavy (non-hydrogen) atoms. The van der Waals surface area contributed by atoms with E-state index >= 15 is 0 Å². The molecule has 0 heterocycles. The van der Waals surface area contributed by atoms with Crippen molar-refractivity contribution in [2.45, 2.75) is 25.8 Å². The predicted octanol–water partition coefficient (Wildman–Crippen LogP) is 0.318. The highest BCUT2D eigenvalue weighted by molar-refractivity contribution is 4.90. The number of hydrogen-bond donors (Lipinski definition) is 2. The van der Waals surface area contributed by atoms with Crippen LogP contribution in [0.4, 0.5) is 0 Å². The van der Waals surface area contributed by atoms with Gasteiger partial charge in [-0.05, 0) is 20.0 Å². The first kappa shape index (κ1) is 11.9. The van der Waals surface area contributed by atoms with Gasteiger partial charge in [-0.15, -0.1) is 0 Å². The Balaban J connectivity index is 4.56. The molecule has 0 rings (SSSR count). The second kappa shape index (κ2) is 4.80. The quantitative estimate of drug-likeness (QED) is 0.632. The fourth-order valence-corrected chi connectivity index (χ4v) is 1.47. The monoisotopic (exact) mass is 175 g/mol. The molecule has 0 bridgehead atoms. The lowest BCUT2D eigenvalue weighted by atomic mass is 9.83. The Morgan fingerprint density at radius 3 is 1.75 bits per heavy atom. The van der Waals surface area contributed by atoms with E-state index in [-0.39, 0.29) is 13.2 Å². The van der Waals surface area contributed by atoms with Crippen LogP contribution in [0, 0.1) is 5.92 Å². The minimum atomic E-state index is -0.464. The van der Waals surface area contributed by atoms with Gasteiger partial charge in [-0.1, -0.05) is 20.3 Å². The maximum Gasteiger partial charge on any atom is 0.0693 e. The summed E-state index contributed by atoms with van der Waals surface area (Å²) in [5, 5.41) is 18.5. The highest BCUT2D eigenvalue weighted by Crippen LogP contribution is 2.24. The number of nitrogens with zero attached hydrogens (tertiary/aromatic N) is 1. The van der Waals surface area contributed by atoms with Crippen LogP contribution in [-0.4, -0.2) is 48.0 Å². The summed E-state index contributed by atoms with van der Waals surface area (Å²) in [5.74, 6) is 0.294. The smallest absolute Gasteiger partial charge is 0.0693 e. The number of aliphatic hydroxyl groups excluding tert-OH is 2. The molecule has 0 saturated heterocycles. The molecule has 1 unspecified atom stereocenters. The van der Waals surface area contributed by atoms with Gasteiger partial charge in [0.05, 0.1) is 18.8 Å². The third kappa shape index (κ3) is 1.97. The van der Waals surface area contributed by atoms with E-state index in [2.05, 4.69) is 6.92 Å². The van der Waals surface area contributed by atoms with Crippen molar-refractivity contribution in [1.29, 1.82) is 0 Å². The van der Waals surface area contributed by atoms with Crippen LogP contribution in [0.3, 0.4) is 0 Å². The fourth-order valence-electron chi connectivity index (χ4n) is 1.47. The maximum absolute atomic E-state index is 9.25. The van der Waals surface area contributed by atoms with Crippen molar-refractivity contribution in [2.24, 2.45) is 5.92 Å². The highest BCUT2D eigenvalue weighted by Gasteiger charge is 2.36. The molecular weight excluding hydrogens is 154 g/mol. The van der Waals surface area contributed by atoms with E-state index in [9.17, 15) is 10.2 Å². The van der Waals surface area contributed by atoms with Crippen molar-refractivity contribution >= 4 is 0 Å². The normalized spacial score (nSPS) is 15.2. The maximum atomic E-state index is 9.25.